The van der Waals surface area contributed by atoms with E-state index in [4.69, 9.17) is 16.3 Å². The molecule has 0 unspecified atom stereocenters. The smallest absolute Gasteiger partial charge is 0.221 e. The molecular formula is C25H23ClN2O2. The molecule has 2 N–H and O–H groups in total. The summed E-state index contributed by atoms with van der Waals surface area (Å²) in [6.45, 7) is 0.509. The lowest BCUT2D eigenvalue weighted by molar-refractivity contribution is -0.121. The van der Waals surface area contributed by atoms with Gasteiger partial charge in [0.15, 0.2) is 0 Å². The molecule has 152 valence electrons. The Bertz CT molecular complexity index is 1140. The van der Waals surface area contributed by atoms with Crippen molar-refractivity contribution in [1.29, 1.82) is 0 Å². The summed E-state index contributed by atoms with van der Waals surface area (Å²) in [6.07, 6.45) is 2.31. The Kier molecular flexibility index (Phi) is 6.05. The Labute approximate surface area is 180 Å². The number of rotatable bonds is 7. The van der Waals surface area contributed by atoms with E-state index in [1.807, 2.05) is 79.0 Å². The molecule has 4 rings (SSSR count). The summed E-state index contributed by atoms with van der Waals surface area (Å²) in [6, 6.07) is 23.5. The largest absolute Gasteiger partial charge is 0.497 e. The quantitative estimate of drug-likeness (QED) is 0.406. The first kappa shape index (κ1) is 20.0. The van der Waals surface area contributed by atoms with Crippen molar-refractivity contribution < 1.29 is 9.53 Å². The normalized spacial score (nSPS) is 11.9. The minimum Gasteiger partial charge on any atom is -0.497 e. The Morgan fingerprint density at radius 3 is 2.57 bits per heavy atom. The summed E-state index contributed by atoms with van der Waals surface area (Å²) in [5.74, 6) is 0.668. The maximum atomic E-state index is 12.8. The summed E-state index contributed by atoms with van der Waals surface area (Å²) < 4.78 is 5.41. The second kappa shape index (κ2) is 9.06. The van der Waals surface area contributed by atoms with Crippen molar-refractivity contribution >= 4 is 28.4 Å². The summed E-state index contributed by atoms with van der Waals surface area (Å²) in [5.41, 5.74) is 4.18. The summed E-state index contributed by atoms with van der Waals surface area (Å²) in [5, 5.41) is 4.76. The van der Waals surface area contributed by atoms with E-state index in [0.717, 1.165) is 33.3 Å². The van der Waals surface area contributed by atoms with Gasteiger partial charge in [0.1, 0.15) is 5.75 Å². The van der Waals surface area contributed by atoms with Gasteiger partial charge in [-0.1, -0.05) is 54.1 Å². The van der Waals surface area contributed by atoms with Crippen LogP contribution in [0.3, 0.4) is 0 Å². The summed E-state index contributed by atoms with van der Waals surface area (Å²) in [4.78, 5) is 16.2. The van der Waals surface area contributed by atoms with Crippen LogP contribution < -0.4 is 10.1 Å². The lowest BCUT2D eigenvalue weighted by Gasteiger charge is -2.18. The Morgan fingerprint density at radius 2 is 1.83 bits per heavy atom. The van der Waals surface area contributed by atoms with Crippen LogP contribution in [-0.2, 0) is 11.3 Å². The minimum atomic E-state index is -0.112. The number of amides is 1. The first-order chi connectivity index (χ1) is 14.6. The van der Waals surface area contributed by atoms with Crippen LogP contribution in [0.15, 0.2) is 79.0 Å². The van der Waals surface area contributed by atoms with Crippen LogP contribution >= 0.6 is 11.6 Å². The van der Waals surface area contributed by atoms with Gasteiger partial charge in [-0.2, -0.15) is 0 Å². The standard InChI is InChI=1S/C25H23ClN2O2/c1-30-20-11-12-24-22(13-20)23(16-27-24)21(18-7-9-19(26)10-8-18)14-25(29)28-15-17-5-3-2-4-6-17/h2-13,16,21,27H,14-15H2,1H3,(H,28,29)/t21-/m1/s1. The monoisotopic (exact) mass is 418 g/mol. The molecule has 0 aliphatic rings. The van der Waals surface area contributed by atoms with Gasteiger partial charge in [0.25, 0.3) is 0 Å². The molecule has 4 aromatic rings. The van der Waals surface area contributed by atoms with Crippen LogP contribution in [0, 0.1) is 0 Å². The number of carbonyl (C=O) groups is 1. The molecule has 1 aromatic heterocycles. The van der Waals surface area contributed by atoms with Gasteiger partial charge < -0.3 is 15.0 Å². The van der Waals surface area contributed by atoms with E-state index in [0.29, 0.717) is 18.0 Å². The second-order valence-corrected chi connectivity index (χ2v) is 7.66. The Morgan fingerprint density at radius 1 is 1.07 bits per heavy atom. The molecule has 0 saturated heterocycles. The third-order valence-corrected chi connectivity index (χ3v) is 5.54. The third kappa shape index (κ3) is 4.50. The minimum absolute atomic E-state index is 0.00366. The number of nitrogens with one attached hydrogen (secondary N) is 2. The highest BCUT2D eigenvalue weighted by atomic mass is 35.5. The predicted molar refractivity (Wildman–Crippen MR) is 121 cm³/mol. The molecule has 0 aliphatic heterocycles. The highest BCUT2D eigenvalue weighted by Gasteiger charge is 2.22. The number of methoxy groups -OCH3 is 1. The number of benzene rings is 3. The third-order valence-electron chi connectivity index (χ3n) is 5.29. The molecule has 1 heterocycles. The van der Waals surface area contributed by atoms with Crippen molar-refractivity contribution in [2.75, 3.05) is 7.11 Å². The van der Waals surface area contributed by atoms with E-state index in [1.165, 1.54) is 0 Å². The number of H-pyrrole nitrogens is 1. The van der Waals surface area contributed by atoms with Crippen molar-refractivity contribution in [2.24, 2.45) is 0 Å². The number of carbonyl (C=O) groups excluding carboxylic acids is 1. The number of halogens is 1. The first-order valence-corrected chi connectivity index (χ1v) is 10.2. The molecular weight excluding hydrogens is 396 g/mol. The zero-order chi connectivity index (χ0) is 20.9. The van der Waals surface area contributed by atoms with Crippen LogP contribution in [0.25, 0.3) is 10.9 Å². The Hall–Kier alpha value is -3.24. The van der Waals surface area contributed by atoms with Gasteiger partial charge in [-0.15, -0.1) is 0 Å². The number of ether oxygens (including phenoxy) is 1. The van der Waals surface area contributed by atoms with Crippen LogP contribution in [0.4, 0.5) is 0 Å². The lowest BCUT2D eigenvalue weighted by atomic mass is 9.88. The average molecular weight is 419 g/mol. The van der Waals surface area contributed by atoms with Gasteiger partial charge in [-0.05, 0) is 47.0 Å². The molecule has 0 saturated carbocycles. The lowest BCUT2D eigenvalue weighted by Crippen LogP contribution is -2.25. The van der Waals surface area contributed by atoms with Crippen molar-refractivity contribution in [2.45, 2.75) is 18.9 Å². The summed E-state index contributed by atoms with van der Waals surface area (Å²) >= 11 is 6.10. The van der Waals surface area contributed by atoms with Crippen LogP contribution in [0.5, 0.6) is 5.75 Å². The van der Waals surface area contributed by atoms with Gasteiger partial charge in [0.05, 0.1) is 7.11 Å². The molecule has 0 aliphatic carbocycles. The Balaban J connectivity index is 1.63. The summed E-state index contributed by atoms with van der Waals surface area (Å²) in [7, 11) is 1.65. The number of hydrogen-bond donors (Lipinski definition) is 2. The highest BCUT2D eigenvalue weighted by molar-refractivity contribution is 6.30. The number of aromatic amines is 1. The van der Waals surface area contributed by atoms with Crippen molar-refractivity contribution in [1.82, 2.24) is 10.3 Å². The second-order valence-electron chi connectivity index (χ2n) is 7.23. The zero-order valence-electron chi connectivity index (χ0n) is 16.7. The number of hydrogen-bond acceptors (Lipinski definition) is 2. The van der Waals surface area contributed by atoms with Gasteiger partial charge in [0.2, 0.25) is 5.91 Å². The topological polar surface area (TPSA) is 54.1 Å². The van der Waals surface area contributed by atoms with Gasteiger partial charge in [0, 0.05) is 41.0 Å². The maximum absolute atomic E-state index is 12.8. The van der Waals surface area contributed by atoms with Crippen molar-refractivity contribution in [3.8, 4) is 5.75 Å². The molecule has 1 amide bonds. The van der Waals surface area contributed by atoms with E-state index in [1.54, 1.807) is 7.11 Å². The highest BCUT2D eigenvalue weighted by Crippen LogP contribution is 2.35. The molecule has 0 fully saturated rings. The number of fused-ring (bicyclic) bond motifs is 1. The molecule has 30 heavy (non-hydrogen) atoms. The molecule has 5 heteroatoms. The average Bonchev–Trinajstić information content (AvgIpc) is 3.20. The number of aromatic nitrogens is 1. The van der Waals surface area contributed by atoms with E-state index >= 15 is 0 Å². The fourth-order valence-electron chi connectivity index (χ4n) is 3.69. The zero-order valence-corrected chi connectivity index (χ0v) is 17.4. The fraction of sp³-hybridized carbons (Fsp3) is 0.160. The van der Waals surface area contributed by atoms with E-state index < -0.39 is 0 Å². The first-order valence-electron chi connectivity index (χ1n) is 9.85. The van der Waals surface area contributed by atoms with Crippen molar-refractivity contribution in [3.05, 3.63) is 101 Å². The predicted octanol–water partition coefficient (Wildman–Crippen LogP) is 5.67. The molecule has 0 radical (unpaired) electrons. The molecule has 1 atom stereocenters. The fourth-order valence-corrected chi connectivity index (χ4v) is 3.82. The van der Waals surface area contributed by atoms with Gasteiger partial charge >= 0.3 is 0 Å². The molecule has 4 nitrogen and oxygen atoms in total. The van der Waals surface area contributed by atoms with Crippen LogP contribution in [0.1, 0.15) is 29.0 Å². The van der Waals surface area contributed by atoms with Crippen LogP contribution in [-0.4, -0.2) is 18.0 Å². The SMILES string of the molecule is COc1ccc2[nH]cc([C@H](CC(=O)NCc3ccccc3)c3ccc(Cl)cc3)c2c1. The van der Waals surface area contributed by atoms with Crippen molar-refractivity contribution in [3.63, 3.8) is 0 Å². The molecule has 0 bridgehead atoms. The van der Waals surface area contributed by atoms with Crippen LogP contribution in [0.2, 0.25) is 5.02 Å². The maximum Gasteiger partial charge on any atom is 0.221 e. The molecule has 3 aromatic carbocycles. The molecule has 0 spiro atoms. The van der Waals surface area contributed by atoms with E-state index in [2.05, 4.69) is 10.3 Å². The van der Waals surface area contributed by atoms with E-state index in [9.17, 15) is 4.79 Å². The van der Waals surface area contributed by atoms with Gasteiger partial charge in [-0.25, -0.2) is 0 Å². The van der Waals surface area contributed by atoms with Gasteiger partial charge in [-0.3, -0.25) is 4.79 Å². The van der Waals surface area contributed by atoms with E-state index in [-0.39, 0.29) is 11.8 Å².